The molecule has 1 fully saturated rings. The van der Waals surface area contributed by atoms with Crippen molar-refractivity contribution in [3.8, 4) is 0 Å². The predicted molar refractivity (Wildman–Crippen MR) is 317 cm³/mol. The second-order valence-corrected chi connectivity index (χ2v) is 26.0. The van der Waals surface area contributed by atoms with Crippen molar-refractivity contribution in [3.05, 3.63) is 0 Å². The standard InChI is InChI=1S/C59H111N11O12/c1-32(2)26-42-55(77)69(22)49(37(11)12)57(79)70(23)50(51(73)39(15)24-25-60-38(13)14)54(76)64-48(41(17)71)56(78)65(18)31-47(72)66(19)43(27-33(3)4)53(75)63-46(30-36(9)10)68(21)45(29-35(7)8)61-40(16)58(80)82-59(81)67(20)44(28-34(5)6)52(74)62-42/h32-46,48-51,60-61,71,73H,24-31H2,1-23H3,(H,62,74)(H,63,75)(H,64,76)/t39-,40-,41-,42-,43+,44-,45-,46+,48?,49?,50?,51-/m1/s1. The largest absolute Gasteiger partial charge is 0.417 e. The van der Waals surface area contributed by atoms with E-state index in [4.69, 9.17) is 4.74 Å². The zero-order valence-corrected chi connectivity index (χ0v) is 54.3. The summed E-state index contributed by atoms with van der Waals surface area (Å²) < 4.78 is 5.48. The van der Waals surface area contributed by atoms with E-state index in [1.807, 2.05) is 88.0 Å². The Labute approximate surface area is 491 Å². The van der Waals surface area contributed by atoms with E-state index in [0.29, 0.717) is 25.8 Å². The molecule has 12 atom stereocenters. The van der Waals surface area contributed by atoms with E-state index in [2.05, 4.69) is 26.6 Å². The second-order valence-electron chi connectivity index (χ2n) is 26.0. The van der Waals surface area contributed by atoms with Crippen LogP contribution < -0.4 is 26.6 Å². The number of hydrogen-bond donors (Lipinski definition) is 7. The van der Waals surface area contributed by atoms with Crippen LogP contribution in [-0.2, 0) is 43.1 Å². The van der Waals surface area contributed by atoms with Crippen LogP contribution >= 0.6 is 0 Å². The van der Waals surface area contributed by atoms with Gasteiger partial charge in [0.2, 0.25) is 41.4 Å². The first-order valence-corrected chi connectivity index (χ1v) is 29.8. The molecule has 0 spiro atoms. The quantitative estimate of drug-likeness (QED) is 0.0767. The summed E-state index contributed by atoms with van der Waals surface area (Å²) in [6, 6.07) is -9.15. The Kier molecular flexibility index (Phi) is 31.8. The van der Waals surface area contributed by atoms with E-state index in [1.54, 1.807) is 34.7 Å². The summed E-state index contributed by atoms with van der Waals surface area (Å²) >= 11 is 0. The van der Waals surface area contributed by atoms with E-state index in [1.165, 1.54) is 52.0 Å². The van der Waals surface area contributed by atoms with E-state index < -0.39 is 139 Å². The SMILES string of the molecule is CC(C)C[C@@H]1C(=O)N[C@H](CC(C)C)C(=O)N(C)C(C(C)C)C(=O)N(C)C([C@H](O)[C@H](C)CCNC(C)C)C(=O)NC([C@@H](C)O)C(=O)N(C)CC(=O)N(C)[C@@H](CC(C)C)C(=O)N[C@H](CC(C)C)N(C)[C@H](CC(C)C)N[C@H](C)C(=O)OC(=O)N1C. The summed E-state index contributed by atoms with van der Waals surface area (Å²) in [5, 5.41) is 38.6. The number of aliphatic hydroxyl groups excluding tert-OH is 2. The number of rotatable bonds is 18. The van der Waals surface area contributed by atoms with Crippen LogP contribution in [0.2, 0.25) is 0 Å². The molecule has 23 heteroatoms. The maximum absolute atomic E-state index is 15.1. The van der Waals surface area contributed by atoms with Crippen molar-refractivity contribution in [1.82, 2.24) is 56.0 Å². The van der Waals surface area contributed by atoms with Gasteiger partial charge in [-0.05, 0) is 107 Å². The van der Waals surface area contributed by atoms with E-state index in [0.717, 1.165) is 14.7 Å². The number of nitrogens with zero attached hydrogens (tertiary/aromatic N) is 6. The van der Waals surface area contributed by atoms with Crippen LogP contribution in [0.4, 0.5) is 4.79 Å². The molecule has 1 saturated heterocycles. The van der Waals surface area contributed by atoms with Crippen molar-refractivity contribution < 1.29 is 58.1 Å². The first-order chi connectivity index (χ1) is 37.8. The van der Waals surface area contributed by atoms with Gasteiger partial charge in [-0.1, -0.05) is 104 Å². The van der Waals surface area contributed by atoms with Crippen molar-refractivity contribution in [2.24, 2.45) is 41.4 Å². The highest BCUT2D eigenvalue weighted by Crippen LogP contribution is 2.24. The molecule has 8 amide bonds. The van der Waals surface area contributed by atoms with Crippen LogP contribution in [0.15, 0.2) is 0 Å². The van der Waals surface area contributed by atoms with Crippen LogP contribution in [0.1, 0.15) is 156 Å². The number of ether oxygens (including phenoxy) is 1. The average molecular weight is 1170 g/mol. The third-order valence-electron chi connectivity index (χ3n) is 15.1. The molecule has 0 aromatic heterocycles. The van der Waals surface area contributed by atoms with Crippen molar-refractivity contribution in [3.63, 3.8) is 0 Å². The molecule has 3 unspecified atom stereocenters. The number of amides is 8. The Bertz CT molecular complexity index is 2090. The third kappa shape index (κ3) is 23.2. The van der Waals surface area contributed by atoms with E-state index in [-0.39, 0.29) is 54.9 Å². The predicted octanol–water partition coefficient (Wildman–Crippen LogP) is 3.20. The molecule has 1 heterocycles. The van der Waals surface area contributed by atoms with Crippen molar-refractivity contribution in [2.75, 3.05) is 55.4 Å². The lowest BCUT2D eigenvalue weighted by Crippen LogP contribution is -2.64. The number of nitrogens with one attached hydrogen (secondary N) is 5. The molecule has 1 rings (SSSR count). The number of carbonyl (C=O) groups is 9. The fourth-order valence-corrected chi connectivity index (χ4v) is 10.2. The number of cyclic esters (lactones) is 2. The van der Waals surface area contributed by atoms with E-state index >= 15 is 4.79 Å². The zero-order chi connectivity index (χ0) is 63.5. The van der Waals surface area contributed by atoms with Crippen LogP contribution in [0.3, 0.4) is 0 Å². The smallest absolute Gasteiger partial charge is 0.391 e. The fourth-order valence-electron chi connectivity index (χ4n) is 10.2. The van der Waals surface area contributed by atoms with Crippen molar-refractivity contribution in [1.29, 1.82) is 0 Å². The molecule has 0 radical (unpaired) electrons. The lowest BCUT2D eigenvalue weighted by atomic mass is 9.91. The molecule has 23 nitrogen and oxygen atoms in total. The first-order valence-electron chi connectivity index (χ1n) is 29.8. The van der Waals surface area contributed by atoms with E-state index in [9.17, 15) is 48.6 Å². The van der Waals surface area contributed by atoms with Gasteiger partial charge in [-0.3, -0.25) is 48.7 Å². The normalized spacial score (nSPS) is 26.6. The van der Waals surface area contributed by atoms with Crippen LogP contribution in [0.25, 0.3) is 0 Å². The Morgan fingerprint density at radius 1 is 0.549 bits per heavy atom. The molecule has 474 valence electrons. The average Bonchev–Trinajstić information content (AvgIpc) is 3.40. The van der Waals surface area contributed by atoms with Crippen LogP contribution in [0.5, 0.6) is 0 Å². The van der Waals surface area contributed by atoms with Gasteiger partial charge in [0.05, 0.1) is 31.1 Å². The van der Waals surface area contributed by atoms with Gasteiger partial charge in [0.25, 0.3) is 0 Å². The molecule has 0 bridgehead atoms. The third-order valence-corrected chi connectivity index (χ3v) is 15.1. The van der Waals surface area contributed by atoms with Gasteiger partial charge in [0.15, 0.2) is 0 Å². The Balaban J connectivity index is 4.32. The summed E-state index contributed by atoms with van der Waals surface area (Å²) in [7, 11) is 8.64. The van der Waals surface area contributed by atoms with Gasteiger partial charge in [0, 0.05) is 41.3 Å². The molecular weight excluding hydrogens is 1050 g/mol. The Morgan fingerprint density at radius 3 is 1.50 bits per heavy atom. The summed E-state index contributed by atoms with van der Waals surface area (Å²) in [6.07, 6.45) is -3.70. The number of hydrogen-bond acceptors (Lipinski definition) is 15. The van der Waals surface area contributed by atoms with Crippen molar-refractivity contribution >= 4 is 53.4 Å². The number of likely N-dealkylation sites (N-methyl/N-ethyl adjacent to an activating group) is 5. The summed E-state index contributed by atoms with van der Waals surface area (Å²) in [5.41, 5.74) is 0. The lowest BCUT2D eigenvalue weighted by Gasteiger charge is -2.40. The summed E-state index contributed by atoms with van der Waals surface area (Å²) in [4.78, 5) is 138. The number of esters is 1. The zero-order valence-electron chi connectivity index (χ0n) is 54.3. The van der Waals surface area contributed by atoms with Crippen LogP contribution in [-0.4, -0.2) is 221 Å². The molecule has 0 saturated carbocycles. The molecule has 82 heavy (non-hydrogen) atoms. The van der Waals surface area contributed by atoms with Gasteiger partial charge in [-0.25, -0.2) is 9.59 Å². The molecule has 1 aliphatic rings. The first kappa shape index (κ1) is 75.0. The molecule has 0 aliphatic carbocycles. The molecule has 1 aliphatic heterocycles. The molecular formula is C59H111N11O12. The molecule has 7 N–H and O–H groups in total. The highest BCUT2D eigenvalue weighted by molar-refractivity contribution is 5.98. The van der Waals surface area contributed by atoms with Gasteiger partial charge in [-0.15, -0.1) is 0 Å². The molecule has 0 aromatic rings. The molecule has 0 aromatic carbocycles. The maximum atomic E-state index is 15.1. The summed E-state index contributed by atoms with van der Waals surface area (Å²) in [6.45, 7) is 30.9. The fraction of sp³-hybridized carbons (Fsp3) is 0.847. The highest BCUT2D eigenvalue weighted by atomic mass is 16.6. The highest BCUT2D eigenvalue weighted by Gasteiger charge is 2.45. The maximum Gasteiger partial charge on any atom is 0.417 e. The Hall–Kier alpha value is -4.97. The van der Waals surface area contributed by atoms with Gasteiger partial charge < -0.3 is 55.8 Å². The number of aliphatic hydroxyl groups is 2. The lowest BCUT2D eigenvalue weighted by molar-refractivity contribution is -0.155. The monoisotopic (exact) mass is 1170 g/mol. The minimum Gasteiger partial charge on any atom is -0.391 e. The number of carbonyl (C=O) groups excluding carboxylic acids is 9. The minimum atomic E-state index is -1.70. The van der Waals surface area contributed by atoms with Gasteiger partial charge in [-0.2, -0.15) is 0 Å². The van der Waals surface area contributed by atoms with Gasteiger partial charge in [0.1, 0.15) is 42.3 Å². The summed E-state index contributed by atoms with van der Waals surface area (Å²) in [5.74, 6) is -7.57. The topological polar surface area (TPSA) is 283 Å². The Morgan fingerprint density at radius 2 is 1.02 bits per heavy atom. The van der Waals surface area contributed by atoms with Crippen molar-refractivity contribution in [2.45, 2.75) is 229 Å². The second kappa shape index (κ2) is 34.7. The van der Waals surface area contributed by atoms with Gasteiger partial charge >= 0.3 is 12.1 Å². The van der Waals surface area contributed by atoms with Crippen LogP contribution in [0, 0.1) is 41.4 Å². The minimum absolute atomic E-state index is 0.0539.